The number of aromatic nitrogens is 2. The lowest BCUT2D eigenvalue weighted by molar-refractivity contribution is 0.629. The van der Waals surface area contributed by atoms with E-state index in [0.717, 1.165) is 15.8 Å². The Labute approximate surface area is 127 Å². The number of halogens is 3. The summed E-state index contributed by atoms with van der Waals surface area (Å²) in [6.45, 7) is 0.683. The molecular formula is C13H9BrClFN2S. The van der Waals surface area contributed by atoms with Crippen molar-refractivity contribution in [2.24, 2.45) is 0 Å². The highest BCUT2D eigenvalue weighted by Crippen LogP contribution is 2.27. The Balaban J connectivity index is 2.13. The second kappa shape index (κ2) is 5.23. The molecule has 0 radical (unpaired) electrons. The molecule has 0 aliphatic heterocycles. The summed E-state index contributed by atoms with van der Waals surface area (Å²) < 4.78 is 16.3. The third-order valence-electron chi connectivity index (χ3n) is 2.90. The SMILES string of the molecule is Fc1ccc2c(c1)nc(CCl)n2Cc1sccc1Br. The maximum Gasteiger partial charge on any atom is 0.125 e. The van der Waals surface area contributed by atoms with E-state index >= 15 is 0 Å². The van der Waals surface area contributed by atoms with Crippen molar-refractivity contribution in [1.29, 1.82) is 0 Å². The van der Waals surface area contributed by atoms with Crippen molar-refractivity contribution in [2.45, 2.75) is 12.4 Å². The molecule has 3 aromatic rings. The molecule has 19 heavy (non-hydrogen) atoms. The van der Waals surface area contributed by atoms with Crippen LogP contribution in [0.2, 0.25) is 0 Å². The van der Waals surface area contributed by atoms with Crippen molar-refractivity contribution < 1.29 is 4.39 Å². The first-order valence-electron chi connectivity index (χ1n) is 5.61. The smallest absolute Gasteiger partial charge is 0.125 e. The summed E-state index contributed by atoms with van der Waals surface area (Å²) in [7, 11) is 0. The number of alkyl halides is 1. The lowest BCUT2D eigenvalue weighted by atomic mass is 10.3. The van der Waals surface area contributed by atoms with Crippen LogP contribution in [0.3, 0.4) is 0 Å². The lowest BCUT2D eigenvalue weighted by Crippen LogP contribution is -2.02. The van der Waals surface area contributed by atoms with Crippen LogP contribution in [0.15, 0.2) is 34.1 Å². The summed E-state index contributed by atoms with van der Waals surface area (Å²) in [6.07, 6.45) is 0. The Bertz CT molecular complexity index is 737. The van der Waals surface area contributed by atoms with Gasteiger partial charge in [0.25, 0.3) is 0 Å². The van der Waals surface area contributed by atoms with Crippen LogP contribution in [0.4, 0.5) is 4.39 Å². The molecule has 0 aliphatic rings. The van der Waals surface area contributed by atoms with E-state index in [1.807, 2.05) is 16.0 Å². The van der Waals surface area contributed by atoms with Crippen LogP contribution in [-0.2, 0) is 12.4 Å². The van der Waals surface area contributed by atoms with Crippen LogP contribution in [0, 0.1) is 5.82 Å². The monoisotopic (exact) mass is 358 g/mol. The van der Waals surface area contributed by atoms with Crippen molar-refractivity contribution in [3.8, 4) is 0 Å². The zero-order chi connectivity index (χ0) is 13.4. The van der Waals surface area contributed by atoms with E-state index < -0.39 is 0 Å². The highest BCUT2D eigenvalue weighted by Gasteiger charge is 2.12. The number of hydrogen-bond donors (Lipinski definition) is 0. The summed E-state index contributed by atoms with van der Waals surface area (Å²) in [6, 6.07) is 6.64. The largest absolute Gasteiger partial charge is 0.322 e. The Hall–Kier alpha value is -0.910. The fourth-order valence-electron chi connectivity index (χ4n) is 2.01. The van der Waals surface area contributed by atoms with Crippen molar-refractivity contribution in [3.05, 3.63) is 50.6 Å². The van der Waals surface area contributed by atoms with E-state index in [-0.39, 0.29) is 5.82 Å². The molecule has 0 amide bonds. The normalized spacial score (nSPS) is 11.3. The second-order valence-electron chi connectivity index (χ2n) is 4.07. The molecule has 0 aliphatic carbocycles. The average Bonchev–Trinajstić information content (AvgIpc) is 2.94. The van der Waals surface area contributed by atoms with Gasteiger partial charge in [0.15, 0.2) is 0 Å². The van der Waals surface area contributed by atoms with Gasteiger partial charge in [-0.05, 0) is 39.5 Å². The first kappa shape index (κ1) is 13.1. The van der Waals surface area contributed by atoms with Gasteiger partial charge >= 0.3 is 0 Å². The molecule has 0 atom stereocenters. The van der Waals surface area contributed by atoms with Crippen LogP contribution in [0.5, 0.6) is 0 Å². The fraction of sp³-hybridized carbons (Fsp3) is 0.154. The number of thiophene rings is 1. The predicted octanol–water partition coefficient (Wildman–Crippen LogP) is 4.79. The number of rotatable bonds is 3. The van der Waals surface area contributed by atoms with Gasteiger partial charge in [-0.1, -0.05) is 0 Å². The van der Waals surface area contributed by atoms with Gasteiger partial charge in [-0.2, -0.15) is 0 Å². The molecule has 2 heterocycles. The summed E-state index contributed by atoms with van der Waals surface area (Å²) in [4.78, 5) is 5.57. The van der Waals surface area contributed by atoms with E-state index in [1.165, 1.54) is 17.0 Å². The lowest BCUT2D eigenvalue weighted by Gasteiger charge is -2.06. The van der Waals surface area contributed by atoms with Crippen molar-refractivity contribution in [2.75, 3.05) is 0 Å². The van der Waals surface area contributed by atoms with Crippen molar-refractivity contribution in [1.82, 2.24) is 9.55 Å². The molecule has 0 unspecified atom stereocenters. The molecule has 2 aromatic heterocycles. The standard InChI is InChI=1S/C13H9BrClFN2S/c14-9-3-4-19-12(9)7-18-11-2-1-8(16)5-10(11)17-13(18)6-15/h1-5H,6-7H2. The van der Waals surface area contributed by atoms with Gasteiger partial charge in [0.2, 0.25) is 0 Å². The van der Waals surface area contributed by atoms with Gasteiger partial charge in [-0.15, -0.1) is 22.9 Å². The maximum atomic E-state index is 13.2. The average molecular weight is 360 g/mol. The Morgan fingerprint density at radius 3 is 2.89 bits per heavy atom. The molecule has 2 nitrogen and oxygen atoms in total. The molecule has 6 heteroatoms. The van der Waals surface area contributed by atoms with Crippen LogP contribution >= 0.6 is 38.9 Å². The number of hydrogen-bond acceptors (Lipinski definition) is 2. The molecule has 3 rings (SSSR count). The molecule has 0 saturated heterocycles. The third-order valence-corrected chi connectivity index (χ3v) is 5.05. The van der Waals surface area contributed by atoms with Crippen LogP contribution in [0.25, 0.3) is 11.0 Å². The molecule has 0 bridgehead atoms. The topological polar surface area (TPSA) is 17.8 Å². The van der Waals surface area contributed by atoms with Crippen LogP contribution in [-0.4, -0.2) is 9.55 Å². The van der Waals surface area contributed by atoms with E-state index in [0.29, 0.717) is 17.9 Å². The Morgan fingerprint density at radius 2 is 2.21 bits per heavy atom. The van der Waals surface area contributed by atoms with Gasteiger partial charge in [0.1, 0.15) is 11.6 Å². The number of benzene rings is 1. The van der Waals surface area contributed by atoms with Crippen LogP contribution in [0.1, 0.15) is 10.7 Å². The van der Waals surface area contributed by atoms with Crippen molar-refractivity contribution in [3.63, 3.8) is 0 Å². The van der Waals surface area contributed by atoms with Gasteiger partial charge < -0.3 is 4.57 Å². The quantitative estimate of drug-likeness (QED) is 0.615. The van der Waals surface area contributed by atoms with E-state index in [4.69, 9.17) is 11.6 Å². The molecule has 1 aromatic carbocycles. The van der Waals surface area contributed by atoms with Gasteiger partial charge in [0, 0.05) is 15.4 Å². The maximum absolute atomic E-state index is 13.2. The minimum atomic E-state index is -0.282. The fourth-order valence-corrected chi connectivity index (χ4v) is 3.68. The predicted molar refractivity (Wildman–Crippen MR) is 80.4 cm³/mol. The third kappa shape index (κ3) is 2.42. The Morgan fingerprint density at radius 1 is 1.37 bits per heavy atom. The van der Waals surface area contributed by atoms with Gasteiger partial charge in [-0.3, -0.25) is 0 Å². The molecular weight excluding hydrogens is 351 g/mol. The second-order valence-corrected chi connectivity index (χ2v) is 6.19. The molecule has 0 N–H and O–H groups in total. The molecule has 0 spiro atoms. The zero-order valence-electron chi connectivity index (χ0n) is 9.74. The minimum absolute atomic E-state index is 0.282. The first-order valence-corrected chi connectivity index (χ1v) is 7.82. The molecule has 0 saturated carbocycles. The van der Waals surface area contributed by atoms with E-state index in [9.17, 15) is 4.39 Å². The summed E-state index contributed by atoms with van der Waals surface area (Å²) in [5.74, 6) is 0.775. The number of nitrogens with zero attached hydrogens (tertiary/aromatic N) is 2. The van der Waals surface area contributed by atoms with E-state index in [1.54, 1.807) is 17.4 Å². The first-order chi connectivity index (χ1) is 9.19. The van der Waals surface area contributed by atoms with Gasteiger partial charge in [0.05, 0.1) is 23.5 Å². The van der Waals surface area contributed by atoms with Gasteiger partial charge in [-0.25, -0.2) is 9.37 Å². The molecule has 0 fully saturated rings. The van der Waals surface area contributed by atoms with E-state index in [2.05, 4.69) is 20.9 Å². The summed E-state index contributed by atoms with van der Waals surface area (Å²) >= 11 is 11.1. The Kier molecular flexibility index (Phi) is 3.60. The zero-order valence-corrected chi connectivity index (χ0v) is 12.9. The summed E-state index contributed by atoms with van der Waals surface area (Å²) in [5, 5.41) is 2.03. The summed E-state index contributed by atoms with van der Waals surface area (Å²) in [5.41, 5.74) is 1.54. The highest BCUT2D eigenvalue weighted by atomic mass is 79.9. The van der Waals surface area contributed by atoms with Crippen LogP contribution < -0.4 is 0 Å². The van der Waals surface area contributed by atoms with Crippen molar-refractivity contribution >= 4 is 49.9 Å². The minimum Gasteiger partial charge on any atom is -0.322 e. The highest BCUT2D eigenvalue weighted by molar-refractivity contribution is 9.10. The number of imidazole rings is 1. The molecule has 98 valence electrons. The number of fused-ring (bicyclic) bond motifs is 1.